The van der Waals surface area contributed by atoms with Crippen molar-refractivity contribution in [3.05, 3.63) is 60.6 Å². The highest BCUT2D eigenvalue weighted by Gasteiger charge is 2.23. The molecule has 0 aliphatic heterocycles. The lowest BCUT2D eigenvalue weighted by atomic mass is 9.81. The summed E-state index contributed by atoms with van der Waals surface area (Å²) in [5.41, 5.74) is 4.29. The minimum atomic E-state index is 0.590. The first kappa shape index (κ1) is 12.3. The molecule has 0 atom stereocenters. The van der Waals surface area contributed by atoms with Crippen LogP contribution in [0.1, 0.15) is 30.9 Å². The number of hydrogen-bond donors (Lipinski definition) is 0. The molecule has 3 heteroatoms. The van der Waals surface area contributed by atoms with E-state index in [2.05, 4.69) is 34.5 Å². The third kappa shape index (κ3) is 2.25. The molecule has 1 aromatic carbocycles. The molecule has 3 aromatic rings. The minimum absolute atomic E-state index is 0.590. The molecule has 1 fully saturated rings. The molecule has 1 aliphatic rings. The Morgan fingerprint density at radius 2 is 1.95 bits per heavy atom. The molecule has 4 rings (SSSR count). The van der Waals surface area contributed by atoms with Gasteiger partial charge in [-0.25, -0.2) is 0 Å². The normalized spacial score (nSPS) is 14.9. The van der Waals surface area contributed by atoms with E-state index >= 15 is 0 Å². The van der Waals surface area contributed by atoms with Crippen molar-refractivity contribution in [3.8, 4) is 22.5 Å². The highest BCUT2D eigenvalue weighted by atomic mass is 16.5. The van der Waals surface area contributed by atoms with Crippen molar-refractivity contribution in [1.29, 1.82) is 0 Å². The zero-order valence-corrected chi connectivity index (χ0v) is 11.6. The lowest BCUT2D eigenvalue weighted by Gasteiger charge is -2.25. The van der Waals surface area contributed by atoms with E-state index in [-0.39, 0.29) is 0 Å². The molecule has 0 N–H and O–H groups in total. The molecular weight excluding hydrogens is 260 g/mol. The van der Waals surface area contributed by atoms with E-state index in [1.165, 1.54) is 19.3 Å². The molecule has 0 unspecified atom stereocenters. The standard InChI is InChI=1S/C18H15N2O/c1-2-5-13(6-3-1)15-11-17(14-7-4-8-14)19-12-16(15)18-9-10-20-21-18/h1-3,5-6,9-11,14H,4,7-8H2. The van der Waals surface area contributed by atoms with Gasteiger partial charge in [0.15, 0.2) is 5.76 Å². The zero-order valence-electron chi connectivity index (χ0n) is 11.6. The van der Waals surface area contributed by atoms with Crippen LogP contribution in [0.2, 0.25) is 0 Å². The first-order valence-electron chi connectivity index (χ1n) is 7.31. The summed E-state index contributed by atoms with van der Waals surface area (Å²) in [7, 11) is 0. The summed E-state index contributed by atoms with van der Waals surface area (Å²) >= 11 is 0. The monoisotopic (exact) mass is 275 g/mol. The summed E-state index contributed by atoms with van der Waals surface area (Å²) in [6.45, 7) is 0. The predicted molar refractivity (Wildman–Crippen MR) is 80.6 cm³/mol. The SMILES string of the molecule is [c]1nc(C2CCC2)cc(-c2ccccc2)c1-c1ccno1. The average Bonchev–Trinajstić information content (AvgIpc) is 3.00. The van der Waals surface area contributed by atoms with Crippen LogP contribution in [0.4, 0.5) is 0 Å². The van der Waals surface area contributed by atoms with E-state index in [9.17, 15) is 0 Å². The molecule has 1 radical (unpaired) electrons. The van der Waals surface area contributed by atoms with Gasteiger partial charge in [-0.3, -0.25) is 4.98 Å². The molecular formula is C18H15N2O. The van der Waals surface area contributed by atoms with Crippen LogP contribution in [0.25, 0.3) is 22.5 Å². The van der Waals surface area contributed by atoms with Crippen molar-refractivity contribution >= 4 is 0 Å². The fourth-order valence-corrected chi connectivity index (χ4v) is 2.72. The Morgan fingerprint density at radius 3 is 2.62 bits per heavy atom. The maximum absolute atomic E-state index is 5.30. The Morgan fingerprint density at radius 1 is 1.10 bits per heavy atom. The minimum Gasteiger partial charge on any atom is -0.356 e. The van der Waals surface area contributed by atoms with E-state index in [0.29, 0.717) is 11.7 Å². The Hall–Kier alpha value is -2.42. The lowest BCUT2D eigenvalue weighted by Crippen LogP contribution is -2.10. The number of hydrogen-bond acceptors (Lipinski definition) is 3. The predicted octanol–water partition coefficient (Wildman–Crippen LogP) is 4.47. The molecule has 2 heterocycles. The van der Waals surface area contributed by atoms with Gasteiger partial charge in [0.1, 0.15) is 6.20 Å². The quantitative estimate of drug-likeness (QED) is 0.707. The molecule has 3 nitrogen and oxygen atoms in total. The summed E-state index contributed by atoms with van der Waals surface area (Å²) in [6, 6.07) is 14.4. The van der Waals surface area contributed by atoms with Gasteiger partial charge in [-0.15, -0.1) is 0 Å². The zero-order chi connectivity index (χ0) is 14.1. The van der Waals surface area contributed by atoms with Gasteiger partial charge < -0.3 is 4.52 Å². The molecule has 0 saturated heterocycles. The van der Waals surface area contributed by atoms with Crippen LogP contribution in [0.15, 0.2) is 53.2 Å². The van der Waals surface area contributed by atoms with Gasteiger partial charge >= 0.3 is 0 Å². The summed E-state index contributed by atoms with van der Waals surface area (Å²) < 4.78 is 5.30. The molecule has 0 amide bonds. The van der Waals surface area contributed by atoms with Crippen LogP contribution < -0.4 is 0 Å². The van der Waals surface area contributed by atoms with Crippen molar-refractivity contribution < 1.29 is 4.52 Å². The molecule has 0 bridgehead atoms. The fraction of sp³-hybridized carbons (Fsp3) is 0.222. The molecule has 0 spiro atoms. The molecule has 1 saturated carbocycles. The van der Waals surface area contributed by atoms with Crippen molar-refractivity contribution in [3.63, 3.8) is 0 Å². The number of aromatic nitrogens is 2. The molecule has 1 aliphatic carbocycles. The Labute approximate surface area is 123 Å². The van der Waals surface area contributed by atoms with E-state index in [4.69, 9.17) is 4.52 Å². The number of pyridine rings is 1. The van der Waals surface area contributed by atoms with Crippen LogP contribution >= 0.6 is 0 Å². The third-order valence-corrected chi connectivity index (χ3v) is 4.15. The Bertz CT molecular complexity index is 731. The Balaban J connectivity index is 1.86. The first-order chi connectivity index (χ1) is 10.4. The number of benzene rings is 1. The van der Waals surface area contributed by atoms with Crippen LogP contribution in [-0.2, 0) is 0 Å². The van der Waals surface area contributed by atoms with Crippen LogP contribution in [0.3, 0.4) is 0 Å². The largest absolute Gasteiger partial charge is 0.356 e. The van der Waals surface area contributed by atoms with Crippen molar-refractivity contribution in [2.24, 2.45) is 0 Å². The Kier molecular flexibility index (Phi) is 3.03. The molecule has 21 heavy (non-hydrogen) atoms. The van der Waals surface area contributed by atoms with E-state index in [1.807, 2.05) is 24.3 Å². The van der Waals surface area contributed by atoms with Gasteiger partial charge in [0.25, 0.3) is 0 Å². The summed E-state index contributed by atoms with van der Waals surface area (Å²) in [6.07, 6.45) is 8.59. The second-order valence-corrected chi connectivity index (χ2v) is 5.45. The maximum Gasteiger partial charge on any atom is 0.169 e. The van der Waals surface area contributed by atoms with Gasteiger partial charge in [0.05, 0.1) is 11.8 Å². The van der Waals surface area contributed by atoms with Crippen LogP contribution in [-0.4, -0.2) is 10.1 Å². The molecule has 103 valence electrons. The smallest absolute Gasteiger partial charge is 0.169 e. The fourth-order valence-electron chi connectivity index (χ4n) is 2.72. The number of nitrogens with zero attached hydrogens (tertiary/aromatic N) is 2. The van der Waals surface area contributed by atoms with Gasteiger partial charge in [-0.2, -0.15) is 0 Å². The highest BCUT2D eigenvalue weighted by molar-refractivity contribution is 5.80. The highest BCUT2D eigenvalue weighted by Crippen LogP contribution is 2.39. The van der Waals surface area contributed by atoms with Crippen LogP contribution in [0, 0.1) is 6.20 Å². The van der Waals surface area contributed by atoms with Crippen molar-refractivity contribution in [2.75, 3.05) is 0 Å². The van der Waals surface area contributed by atoms with Crippen LogP contribution in [0.5, 0.6) is 0 Å². The molecule has 2 aromatic heterocycles. The second kappa shape index (κ2) is 5.17. The van der Waals surface area contributed by atoms with Gasteiger partial charge in [0.2, 0.25) is 0 Å². The summed E-state index contributed by atoms with van der Waals surface area (Å²) in [4.78, 5) is 4.53. The van der Waals surface area contributed by atoms with Gasteiger partial charge in [-0.1, -0.05) is 41.9 Å². The second-order valence-electron chi connectivity index (χ2n) is 5.45. The van der Waals surface area contributed by atoms with Crippen molar-refractivity contribution in [2.45, 2.75) is 25.2 Å². The number of rotatable bonds is 3. The first-order valence-corrected chi connectivity index (χ1v) is 7.31. The van der Waals surface area contributed by atoms with Gasteiger partial charge in [0, 0.05) is 17.7 Å². The van der Waals surface area contributed by atoms with Gasteiger partial charge in [-0.05, 0) is 30.0 Å². The lowest BCUT2D eigenvalue weighted by molar-refractivity contribution is 0.411. The maximum atomic E-state index is 5.30. The van der Waals surface area contributed by atoms with E-state index in [0.717, 1.165) is 22.4 Å². The van der Waals surface area contributed by atoms with Crippen molar-refractivity contribution in [1.82, 2.24) is 10.1 Å². The third-order valence-electron chi connectivity index (χ3n) is 4.15. The summed E-state index contributed by atoms with van der Waals surface area (Å²) in [5.74, 6) is 1.30. The van der Waals surface area contributed by atoms with E-state index < -0.39 is 0 Å². The van der Waals surface area contributed by atoms with E-state index in [1.54, 1.807) is 6.20 Å². The average molecular weight is 275 g/mol. The topological polar surface area (TPSA) is 38.9 Å². The summed E-state index contributed by atoms with van der Waals surface area (Å²) in [5, 5.41) is 3.80.